The van der Waals surface area contributed by atoms with E-state index >= 15 is 0 Å². The first-order valence-electron chi connectivity index (χ1n) is 5.47. The van der Waals surface area contributed by atoms with Gasteiger partial charge in [-0.2, -0.15) is 5.26 Å². The van der Waals surface area contributed by atoms with E-state index in [1.54, 1.807) is 12.1 Å². The predicted molar refractivity (Wildman–Crippen MR) is 65.5 cm³/mol. The number of nitrogens with one attached hydrogen (secondary N) is 1. The number of halogens is 1. The van der Waals surface area contributed by atoms with Gasteiger partial charge < -0.3 is 10.1 Å². The third-order valence-electron chi connectivity index (χ3n) is 2.53. The van der Waals surface area contributed by atoms with Gasteiger partial charge in [0.05, 0.1) is 18.6 Å². The molecule has 3 nitrogen and oxygen atoms in total. The van der Waals surface area contributed by atoms with Crippen molar-refractivity contribution in [3.63, 3.8) is 0 Å². The van der Waals surface area contributed by atoms with Gasteiger partial charge in [-0.05, 0) is 32.4 Å². The molecule has 4 heteroatoms. The summed E-state index contributed by atoms with van der Waals surface area (Å²) in [5.74, 6) is -0.162. The molecule has 0 radical (unpaired) electrons. The number of rotatable bonds is 5. The number of hydrogen-bond donors (Lipinski definition) is 1. The van der Waals surface area contributed by atoms with E-state index in [0.29, 0.717) is 18.7 Å². The summed E-state index contributed by atoms with van der Waals surface area (Å²) in [6.45, 7) is 4.39. The van der Waals surface area contributed by atoms with Gasteiger partial charge >= 0.3 is 0 Å². The van der Waals surface area contributed by atoms with E-state index in [2.05, 4.69) is 11.4 Å². The molecule has 0 saturated carbocycles. The Kier molecular flexibility index (Phi) is 4.33. The fourth-order valence-corrected chi connectivity index (χ4v) is 1.35. The Balaban J connectivity index is 2.54. The van der Waals surface area contributed by atoms with E-state index in [-0.39, 0.29) is 11.2 Å². The molecule has 1 aromatic carbocycles. The zero-order valence-electron chi connectivity index (χ0n) is 10.4. The third kappa shape index (κ3) is 3.95. The molecule has 0 unspecified atom stereocenters. The first kappa shape index (κ1) is 13.3. The van der Waals surface area contributed by atoms with Crippen LogP contribution < -0.4 is 10.1 Å². The van der Waals surface area contributed by atoms with Gasteiger partial charge in [-0.1, -0.05) is 0 Å². The predicted octanol–water partition coefficient (Wildman–Crippen LogP) is 3.19. The smallest absolute Gasteiger partial charge is 0.167 e. The van der Waals surface area contributed by atoms with E-state index in [4.69, 9.17) is 10.00 Å². The molecule has 0 aromatic heterocycles. The van der Waals surface area contributed by atoms with Gasteiger partial charge in [-0.3, -0.25) is 0 Å². The maximum absolute atomic E-state index is 13.4. The van der Waals surface area contributed by atoms with Crippen LogP contribution in [0.3, 0.4) is 0 Å². The van der Waals surface area contributed by atoms with Gasteiger partial charge in [0.25, 0.3) is 0 Å². The summed E-state index contributed by atoms with van der Waals surface area (Å²) in [7, 11) is 1.43. The Morgan fingerprint density at radius 2 is 2.18 bits per heavy atom. The van der Waals surface area contributed by atoms with Crippen molar-refractivity contribution in [1.29, 1.82) is 5.26 Å². The summed E-state index contributed by atoms with van der Waals surface area (Å²) in [6, 6.07) is 6.94. The van der Waals surface area contributed by atoms with E-state index in [1.165, 1.54) is 13.2 Å². The molecule has 17 heavy (non-hydrogen) atoms. The Hall–Kier alpha value is -1.76. The van der Waals surface area contributed by atoms with E-state index in [9.17, 15) is 4.39 Å². The fourth-order valence-electron chi connectivity index (χ4n) is 1.35. The summed E-state index contributed by atoms with van der Waals surface area (Å²) in [4.78, 5) is 0. The topological polar surface area (TPSA) is 45.0 Å². The van der Waals surface area contributed by atoms with E-state index in [0.717, 1.165) is 0 Å². The molecule has 0 heterocycles. The molecule has 0 atom stereocenters. The number of benzene rings is 1. The fraction of sp³-hybridized carbons (Fsp3) is 0.462. The summed E-state index contributed by atoms with van der Waals surface area (Å²) in [6.07, 6.45) is 0.706. The average molecular weight is 236 g/mol. The molecule has 0 saturated heterocycles. The minimum absolute atomic E-state index is 0.230. The monoisotopic (exact) mass is 236 g/mol. The quantitative estimate of drug-likeness (QED) is 0.854. The van der Waals surface area contributed by atoms with Gasteiger partial charge in [0.15, 0.2) is 11.6 Å². The van der Waals surface area contributed by atoms with Crippen molar-refractivity contribution >= 4 is 5.69 Å². The maximum Gasteiger partial charge on any atom is 0.167 e. The van der Waals surface area contributed by atoms with Gasteiger partial charge in [0, 0.05) is 18.3 Å². The van der Waals surface area contributed by atoms with E-state index < -0.39 is 5.82 Å². The van der Waals surface area contributed by atoms with Crippen LogP contribution in [-0.2, 0) is 0 Å². The summed E-state index contributed by atoms with van der Waals surface area (Å²) in [5.41, 5.74) is 0.329. The molecular formula is C13H17FN2O. The van der Waals surface area contributed by atoms with Crippen molar-refractivity contribution in [3.8, 4) is 11.8 Å². The summed E-state index contributed by atoms with van der Waals surface area (Å²) < 4.78 is 18.2. The first-order chi connectivity index (χ1) is 7.98. The molecule has 0 bridgehead atoms. The van der Waals surface area contributed by atoms with Crippen LogP contribution in [0.2, 0.25) is 0 Å². The van der Waals surface area contributed by atoms with Crippen molar-refractivity contribution in [2.75, 3.05) is 19.0 Å². The van der Waals surface area contributed by atoms with Crippen molar-refractivity contribution < 1.29 is 9.13 Å². The van der Waals surface area contributed by atoms with Crippen LogP contribution in [0.1, 0.15) is 20.3 Å². The highest BCUT2D eigenvalue weighted by atomic mass is 19.1. The molecule has 0 spiro atoms. The van der Waals surface area contributed by atoms with Crippen LogP contribution in [0.4, 0.5) is 10.1 Å². The molecule has 0 aliphatic rings. The molecule has 1 rings (SSSR count). The molecule has 1 N–H and O–H groups in total. The minimum Gasteiger partial charge on any atom is -0.494 e. The lowest BCUT2D eigenvalue weighted by Crippen LogP contribution is -2.14. The second-order valence-electron chi connectivity index (χ2n) is 4.52. The SMILES string of the molecule is COc1ccc(NCCC(C)(C)C#N)cc1F. The van der Waals surface area contributed by atoms with Crippen LogP contribution in [0.5, 0.6) is 5.75 Å². The lowest BCUT2D eigenvalue weighted by atomic mass is 9.91. The standard InChI is InChI=1S/C13H17FN2O/c1-13(2,9-15)6-7-16-10-4-5-12(17-3)11(14)8-10/h4-5,8,16H,6-7H2,1-3H3. The van der Waals surface area contributed by atoms with Crippen LogP contribution in [0.15, 0.2) is 18.2 Å². The third-order valence-corrected chi connectivity index (χ3v) is 2.53. The van der Waals surface area contributed by atoms with Crippen LogP contribution in [-0.4, -0.2) is 13.7 Å². The van der Waals surface area contributed by atoms with Gasteiger partial charge in [0.1, 0.15) is 0 Å². The number of hydrogen-bond acceptors (Lipinski definition) is 3. The maximum atomic E-state index is 13.4. The van der Waals surface area contributed by atoms with Crippen molar-refractivity contribution in [2.45, 2.75) is 20.3 Å². The molecule has 0 fully saturated rings. The number of nitrogens with zero attached hydrogens (tertiary/aromatic N) is 1. The molecule has 0 amide bonds. The molecule has 1 aromatic rings. The van der Waals surface area contributed by atoms with Crippen LogP contribution in [0, 0.1) is 22.6 Å². The number of nitriles is 1. The second kappa shape index (κ2) is 5.53. The van der Waals surface area contributed by atoms with Crippen molar-refractivity contribution in [3.05, 3.63) is 24.0 Å². The van der Waals surface area contributed by atoms with Crippen LogP contribution in [0.25, 0.3) is 0 Å². The summed E-state index contributed by atoms with van der Waals surface area (Å²) in [5, 5.41) is 11.9. The van der Waals surface area contributed by atoms with Crippen LogP contribution >= 0.6 is 0 Å². The Morgan fingerprint density at radius 3 is 2.71 bits per heavy atom. The highest BCUT2D eigenvalue weighted by molar-refractivity contribution is 5.47. The zero-order chi connectivity index (χ0) is 12.9. The van der Waals surface area contributed by atoms with Gasteiger partial charge in [-0.25, -0.2) is 4.39 Å². The highest BCUT2D eigenvalue weighted by Crippen LogP contribution is 2.22. The lowest BCUT2D eigenvalue weighted by Gasteiger charge is -2.15. The van der Waals surface area contributed by atoms with Crippen molar-refractivity contribution in [2.24, 2.45) is 5.41 Å². The number of ether oxygens (including phenoxy) is 1. The highest BCUT2D eigenvalue weighted by Gasteiger charge is 2.15. The van der Waals surface area contributed by atoms with Gasteiger partial charge in [0.2, 0.25) is 0 Å². The largest absolute Gasteiger partial charge is 0.494 e. The Morgan fingerprint density at radius 1 is 1.47 bits per heavy atom. The Labute approximate surface area is 101 Å². The van der Waals surface area contributed by atoms with Crippen molar-refractivity contribution in [1.82, 2.24) is 0 Å². The summed E-state index contributed by atoms with van der Waals surface area (Å²) >= 11 is 0. The van der Waals surface area contributed by atoms with Gasteiger partial charge in [-0.15, -0.1) is 0 Å². The molecular weight excluding hydrogens is 219 g/mol. The normalized spacial score (nSPS) is 10.8. The first-order valence-corrected chi connectivity index (χ1v) is 5.47. The zero-order valence-corrected chi connectivity index (χ0v) is 10.4. The van der Waals surface area contributed by atoms with E-state index in [1.807, 2.05) is 13.8 Å². The Bertz CT molecular complexity index is 424. The minimum atomic E-state index is -0.392. The second-order valence-corrected chi connectivity index (χ2v) is 4.52. The average Bonchev–Trinajstić information content (AvgIpc) is 2.29. The number of anilines is 1. The molecule has 92 valence electrons. The molecule has 0 aliphatic carbocycles. The lowest BCUT2D eigenvalue weighted by molar-refractivity contribution is 0.386. The molecule has 0 aliphatic heterocycles. The number of methoxy groups -OCH3 is 1.